The van der Waals surface area contributed by atoms with Gasteiger partial charge < -0.3 is 15.5 Å². The number of nitrogens with zero attached hydrogens (tertiary/aromatic N) is 6. The molecule has 0 aliphatic carbocycles. The number of rotatable bonds is 6. The quantitative estimate of drug-likeness (QED) is 0.567. The lowest BCUT2D eigenvalue weighted by molar-refractivity contribution is -0.132. The van der Waals surface area contributed by atoms with Gasteiger partial charge in [-0.15, -0.1) is 0 Å². The summed E-state index contributed by atoms with van der Waals surface area (Å²) >= 11 is 0. The Morgan fingerprint density at radius 2 is 1.97 bits per heavy atom. The van der Waals surface area contributed by atoms with Gasteiger partial charge in [-0.3, -0.25) is 19.5 Å². The molecule has 36 heavy (non-hydrogen) atoms. The number of benzene rings is 1. The molecule has 5 rings (SSSR count). The maximum atomic E-state index is 13.8. The van der Waals surface area contributed by atoms with Crippen LogP contribution in [0.2, 0.25) is 0 Å². The summed E-state index contributed by atoms with van der Waals surface area (Å²) in [6.45, 7) is 1.35. The van der Waals surface area contributed by atoms with Crippen molar-refractivity contribution in [3.8, 4) is 6.07 Å². The third-order valence-electron chi connectivity index (χ3n) is 6.85. The minimum Gasteiger partial charge on any atom is -0.366 e. The molecule has 2 fully saturated rings. The predicted octanol–water partition coefficient (Wildman–Crippen LogP) is 2.40. The summed E-state index contributed by atoms with van der Waals surface area (Å²) in [6, 6.07) is 14.2. The minimum atomic E-state index is -1.16. The van der Waals surface area contributed by atoms with E-state index in [1.165, 1.54) is 4.90 Å². The molecule has 0 bridgehead atoms. The second kappa shape index (κ2) is 9.87. The Balaban J connectivity index is 1.41. The van der Waals surface area contributed by atoms with E-state index in [9.17, 15) is 19.2 Å². The summed E-state index contributed by atoms with van der Waals surface area (Å²) in [7, 11) is 0. The molecule has 0 unspecified atom stereocenters. The summed E-state index contributed by atoms with van der Waals surface area (Å²) in [4.78, 5) is 39.3. The van der Waals surface area contributed by atoms with Gasteiger partial charge in [0.2, 0.25) is 5.91 Å². The number of carbonyl (C=O) groups excluding carboxylic acids is 2. The van der Waals surface area contributed by atoms with E-state index in [0.717, 1.165) is 17.5 Å². The molecule has 4 heterocycles. The van der Waals surface area contributed by atoms with Gasteiger partial charge >= 0.3 is 0 Å². The van der Waals surface area contributed by atoms with Crippen LogP contribution in [-0.4, -0.2) is 76.0 Å². The van der Waals surface area contributed by atoms with Crippen molar-refractivity contribution in [1.82, 2.24) is 19.8 Å². The van der Waals surface area contributed by atoms with Crippen LogP contribution in [0.3, 0.4) is 0 Å². The van der Waals surface area contributed by atoms with Crippen LogP contribution < -0.4 is 10.6 Å². The van der Waals surface area contributed by atoms with Gasteiger partial charge in [-0.1, -0.05) is 12.1 Å². The van der Waals surface area contributed by atoms with E-state index >= 15 is 0 Å². The fraction of sp³-hybridized carbons (Fsp3) is 0.346. The molecule has 2 amide bonds. The molecular weight excluding hydrogens is 461 g/mol. The highest BCUT2D eigenvalue weighted by molar-refractivity contribution is 6.05. The average molecular weight is 488 g/mol. The molecular formula is C26H26FN7O2. The van der Waals surface area contributed by atoms with Crippen molar-refractivity contribution >= 4 is 34.2 Å². The zero-order valence-electron chi connectivity index (χ0n) is 19.6. The first-order valence-corrected chi connectivity index (χ1v) is 11.9. The molecule has 10 heteroatoms. The lowest BCUT2D eigenvalue weighted by Crippen LogP contribution is -2.43. The second-order valence-electron chi connectivity index (χ2n) is 9.19. The first-order chi connectivity index (χ1) is 17.4. The Labute approximate surface area is 207 Å². The maximum absolute atomic E-state index is 13.8. The van der Waals surface area contributed by atoms with Gasteiger partial charge in [0.15, 0.2) is 0 Å². The highest BCUT2D eigenvalue weighted by Gasteiger charge is 2.37. The van der Waals surface area contributed by atoms with Crippen LogP contribution in [0.5, 0.6) is 0 Å². The molecule has 2 saturated heterocycles. The van der Waals surface area contributed by atoms with Crippen LogP contribution in [0.15, 0.2) is 54.9 Å². The van der Waals surface area contributed by atoms with E-state index in [-0.39, 0.29) is 31.5 Å². The van der Waals surface area contributed by atoms with Gasteiger partial charge in [-0.05, 0) is 36.8 Å². The summed E-state index contributed by atoms with van der Waals surface area (Å²) in [5, 5.41) is 10.1. The topological polar surface area (TPSA) is 119 Å². The molecule has 2 N–H and O–H groups in total. The van der Waals surface area contributed by atoms with Crippen LogP contribution in [0.4, 0.5) is 15.9 Å². The van der Waals surface area contributed by atoms with Crippen molar-refractivity contribution in [3.63, 3.8) is 0 Å². The smallest absolute Gasteiger partial charge is 0.250 e. The summed E-state index contributed by atoms with van der Waals surface area (Å²) in [5.41, 5.74) is 7.37. The number of aromatic nitrogens is 2. The van der Waals surface area contributed by atoms with Crippen LogP contribution in [-0.2, 0) is 4.79 Å². The number of amides is 2. The van der Waals surface area contributed by atoms with Gasteiger partial charge in [0.25, 0.3) is 5.91 Å². The Bertz CT molecular complexity index is 1330. The molecule has 0 saturated carbocycles. The number of pyridine rings is 2. The number of likely N-dealkylation sites (tertiary alicyclic amines) is 2. The number of halogens is 1. The van der Waals surface area contributed by atoms with Crippen molar-refractivity contribution in [2.24, 2.45) is 5.73 Å². The lowest BCUT2D eigenvalue weighted by atomic mass is 10.1. The standard InChI is InChI=1S/C26H26FN7O2/c27-18-12-21(13-28)33(14-18)24(35)16-32-11-8-20(15-32)34(19-6-9-30-10-7-19)23-5-4-17-2-1-3-22(26(29)36)25(17)31-23/h1-7,9-10,18,20-21H,8,11-12,14-16H2,(H2,29,36)/t18-,20-,21-/m0/s1. The first-order valence-electron chi connectivity index (χ1n) is 11.9. The number of alkyl halides is 1. The third-order valence-corrected chi connectivity index (χ3v) is 6.85. The predicted molar refractivity (Wildman–Crippen MR) is 132 cm³/mol. The number of fused-ring (bicyclic) bond motifs is 1. The van der Waals surface area contributed by atoms with Crippen LogP contribution in [0.1, 0.15) is 23.2 Å². The lowest BCUT2D eigenvalue weighted by Gasteiger charge is -2.31. The monoisotopic (exact) mass is 487 g/mol. The van der Waals surface area contributed by atoms with E-state index in [0.29, 0.717) is 30.0 Å². The Kier molecular flexibility index (Phi) is 6.48. The van der Waals surface area contributed by atoms with E-state index < -0.39 is 18.1 Å². The van der Waals surface area contributed by atoms with Crippen molar-refractivity contribution < 1.29 is 14.0 Å². The molecule has 3 aromatic rings. The van der Waals surface area contributed by atoms with E-state index in [2.05, 4.69) is 9.88 Å². The number of anilines is 2. The van der Waals surface area contributed by atoms with Crippen LogP contribution in [0.25, 0.3) is 10.9 Å². The molecule has 0 radical (unpaired) electrons. The summed E-state index contributed by atoms with van der Waals surface area (Å²) in [5.74, 6) is -0.114. The molecule has 3 atom stereocenters. The fourth-order valence-corrected chi connectivity index (χ4v) is 5.14. The highest BCUT2D eigenvalue weighted by Crippen LogP contribution is 2.32. The maximum Gasteiger partial charge on any atom is 0.250 e. The Morgan fingerprint density at radius 1 is 1.17 bits per heavy atom. The van der Waals surface area contributed by atoms with Crippen molar-refractivity contribution in [2.45, 2.75) is 31.1 Å². The van der Waals surface area contributed by atoms with Crippen LogP contribution >= 0.6 is 0 Å². The van der Waals surface area contributed by atoms with Crippen molar-refractivity contribution in [3.05, 3.63) is 60.4 Å². The molecule has 2 aliphatic rings. The fourth-order valence-electron chi connectivity index (χ4n) is 5.14. The Hall–Kier alpha value is -4.10. The highest BCUT2D eigenvalue weighted by atomic mass is 19.1. The normalized spacial score (nSPS) is 22.0. The van der Waals surface area contributed by atoms with Gasteiger partial charge in [0.05, 0.1) is 30.2 Å². The number of carbonyl (C=O) groups is 2. The number of hydrogen-bond donors (Lipinski definition) is 1. The first kappa shape index (κ1) is 23.6. The van der Waals surface area contributed by atoms with E-state index in [1.807, 2.05) is 41.3 Å². The molecule has 9 nitrogen and oxygen atoms in total. The van der Waals surface area contributed by atoms with E-state index in [1.54, 1.807) is 24.5 Å². The number of hydrogen-bond acceptors (Lipinski definition) is 7. The van der Waals surface area contributed by atoms with Gasteiger partial charge in [-0.25, -0.2) is 9.37 Å². The zero-order valence-corrected chi connectivity index (χ0v) is 19.6. The van der Waals surface area contributed by atoms with Gasteiger partial charge in [0.1, 0.15) is 18.0 Å². The SMILES string of the molecule is N#C[C@@H]1C[C@H](F)CN1C(=O)CN1CC[C@H](N(c2ccncc2)c2ccc3cccc(C(N)=O)c3n2)C1. The summed E-state index contributed by atoms with van der Waals surface area (Å²) in [6.07, 6.45) is 3.09. The molecule has 2 aromatic heterocycles. The molecule has 1 aromatic carbocycles. The van der Waals surface area contributed by atoms with Crippen molar-refractivity contribution in [2.75, 3.05) is 31.1 Å². The molecule has 2 aliphatic heterocycles. The number of nitriles is 1. The number of primary amides is 1. The minimum absolute atomic E-state index is 0.00912. The third kappa shape index (κ3) is 4.57. The van der Waals surface area contributed by atoms with Crippen molar-refractivity contribution in [1.29, 1.82) is 5.26 Å². The largest absolute Gasteiger partial charge is 0.366 e. The van der Waals surface area contributed by atoms with Crippen LogP contribution in [0, 0.1) is 11.3 Å². The van der Waals surface area contributed by atoms with E-state index in [4.69, 9.17) is 10.7 Å². The summed E-state index contributed by atoms with van der Waals surface area (Å²) < 4.78 is 13.8. The van der Waals surface area contributed by atoms with Gasteiger partial charge in [-0.2, -0.15) is 5.26 Å². The molecule has 0 spiro atoms. The van der Waals surface area contributed by atoms with Gasteiger partial charge in [0, 0.05) is 49.0 Å². The zero-order chi connectivity index (χ0) is 25.2. The second-order valence-corrected chi connectivity index (χ2v) is 9.19. The average Bonchev–Trinajstić information content (AvgIpc) is 3.50. The molecule has 184 valence electrons. The number of para-hydroxylation sites is 1. The number of nitrogens with two attached hydrogens (primary N) is 1. The Morgan fingerprint density at radius 3 is 2.72 bits per heavy atom.